The van der Waals surface area contributed by atoms with E-state index in [9.17, 15) is 4.79 Å². The first-order valence-corrected chi connectivity index (χ1v) is 7.77. The second-order valence-electron chi connectivity index (χ2n) is 5.96. The lowest BCUT2D eigenvalue weighted by Crippen LogP contribution is -2.39. The summed E-state index contributed by atoms with van der Waals surface area (Å²) in [7, 11) is 3.47. The molecule has 0 heterocycles. The summed E-state index contributed by atoms with van der Waals surface area (Å²) >= 11 is 0. The lowest BCUT2D eigenvalue weighted by molar-refractivity contribution is 0.0671. The number of ether oxygens (including phenoxy) is 1. The third-order valence-electron chi connectivity index (χ3n) is 4.72. The van der Waals surface area contributed by atoms with E-state index in [-0.39, 0.29) is 5.91 Å². The summed E-state index contributed by atoms with van der Waals surface area (Å²) in [4.78, 5) is 14.6. The molecule has 2 rings (SSSR count). The third kappa shape index (κ3) is 3.49. The molecule has 0 saturated heterocycles. The van der Waals surface area contributed by atoms with E-state index in [2.05, 4.69) is 6.92 Å². The number of nitrogen functional groups attached to an aromatic ring is 1. The fourth-order valence-electron chi connectivity index (χ4n) is 3.18. The van der Waals surface area contributed by atoms with Gasteiger partial charge in [-0.25, -0.2) is 0 Å². The zero-order chi connectivity index (χ0) is 15.4. The zero-order valence-electron chi connectivity index (χ0n) is 13.3. The van der Waals surface area contributed by atoms with Gasteiger partial charge in [0.25, 0.3) is 5.91 Å². The van der Waals surface area contributed by atoms with Crippen molar-refractivity contribution in [3.63, 3.8) is 0 Å². The van der Waals surface area contributed by atoms with Crippen molar-refractivity contribution in [1.82, 2.24) is 4.90 Å². The maximum Gasteiger partial charge on any atom is 0.257 e. The molecule has 21 heavy (non-hydrogen) atoms. The molecule has 1 saturated carbocycles. The Labute approximate surface area is 127 Å². The summed E-state index contributed by atoms with van der Waals surface area (Å²) in [5.41, 5.74) is 6.94. The van der Waals surface area contributed by atoms with Crippen molar-refractivity contribution in [3.05, 3.63) is 23.8 Å². The highest BCUT2D eigenvalue weighted by atomic mass is 16.5. The Balaban J connectivity index is 2.09. The average molecular weight is 290 g/mol. The maximum atomic E-state index is 12.7. The van der Waals surface area contributed by atoms with Crippen LogP contribution in [-0.4, -0.2) is 31.0 Å². The van der Waals surface area contributed by atoms with Gasteiger partial charge in [0.15, 0.2) is 0 Å². The van der Waals surface area contributed by atoms with Crippen LogP contribution in [0.4, 0.5) is 5.69 Å². The summed E-state index contributed by atoms with van der Waals surface area (Å²) in [6, 6.07) is 5.54. The number of anilines is 1. The summed E-state index contributed by atoms with van der Waals surface area (Å²) in [6.07, 6.45) is 5.88. The van der Waals surface area contributed by atoms with Crippen molar-refractivity contribution in [3.8, 4) is 5.75 Å². The Kier molecular flexibility index (Phi) is 5.10. The Hall–Kier alpha value is -1.71. The molecular weight excluding hydrogens is 264 g/mol. The first-order valence-electron chi connectivity index (χ1n) is 7.77. The largest absolute Gasteiger partial charge is 0.496 e. The lowest BCUT2D eigenvalue weighted by atomic mass is 9.84. The molecule has 0 unspecified atom stereocenters. The molecule has 116 valence electrons. The monoisotopic (exact) mass is 290 g/mol. The van der Waals surface area contributed by atoms with Crippen LogP contribution in [0.1, 0.15) is 49.4 Å². The normalized spacial score (nSPS) is 21.9. The van der Waals surface area contributed by atoms with E-state index in [1.54, 1.807) is 25.3 Å². The van der Waals surface area contributed by atoms with Gasteiger partial charge in [0, 0.05) is 24.8 Å². The van der Waals surface area contributed by atoms with Crippen LogP contribution in [0.2, 0.25) is 0 Å². The van der Waals surface area contributed by atoms with Crippen LogP contribution in [0.5, 0.6) is 5.75 Å². The predicted octanol–water partition coefficient (Wildman–Crippen LogP) is 3.32. The quantitative estimate of drug-likeness (QED) is 0.865. The second-order valence-corrected chi connectivity index (χ2v) is 5.96. The molecule has 0 aromatic heterocycles. The van der Waals surface area contributed by atoms with Crippen LogP contribution in [0, 0.1) is 5.92 Å². The SMILES string of the molecule is CCC1CCC(N(C)C(=O)c2ccc(N)cc2OC)CC1. The van der Waals surface area contributed by atoms with Crippen LogP contribution in [0.15, 0.2) is 18.2 Å². The first-order chi connectivity index (χ1) is 10.1. The maximum absolute atomic E-state index is 12.7. The molecule has 1 aliphatic carbocycles. The molecule has 1 amide bonds. The molecule has 4 heteroatoms. The van der Waals surface area contributed by atoms with Crippen molar-refractivity contribution in [2.45, 2.75) is 45.1 Å². The third-order valence-corrected chi connectivity index (χ3v) is 4.72. The molecule has 0 spiro atoms. The van der Waals surface area contributed by atoms with Crippen molar-refractivity contribution < 1.29 is 9.53 Å². The molecule has 1 aromatic rings. The van der Waals surface area contributed by atoms with Gasteiger partial charge in [-0.2, -0.15) is 0 Å². The highest BCUT2D eigenvalue weighted by Crippen LogP contribution is 2.31. The van der Waals surface area contributed by atoms with Gasteiger partial charge >= 0.3 is 0 Å². The first kappa shape index (κ1) is 15.7. The minimum atomic E-state index is 0.0202. The predicted molar refractivity (Wildman–Crippen MR) is 85.5 cm³/mol. The summed E-state index contributed by atoms with van der Waals surface area (Å²) in [6.45, 7) is 2.25. The van der Waals surface area contributed by atoms with Crippen LogP contribution in [-0.2, 0) is 0 Å². The van der Waals surface area contributed by atoms with Crippen LogP contribution in [0.25, 0.3) is 0 Å². The fraction of sp³-hybridized carbons (Fsp3) is 0.588. The number of hydrogen-bond acceptors (Lipinski definition) is 3. The van der Waals surface area contributed by atoms with Crippen LogP contribution < -0.4 is 10.5 Å². The molecule has 1 aliphatic rings. The minimum absolute atomic E-state index is 0.0202. The molecule has 1 aromatic carbocycles. The highest BCUT2D eigenvalue weighted by molar-refractivity contribution is 5.97. The smallest absolute Gasteiger partial charge is 0.257 e. The van der Waals surface area contributed by atoms with Gasteiger partial charge in [0.2, 0.25) is 0 Å². The van der Waals surface area contributed by atoms with Gasteiger partial charge in [0.05, 0.1) is 12.7 Å². The Morgan fingerprint density at radius 1 is 1.33 bits per heavy atom. The van der Waals surface area contributed by atoms with E-state index in [0.29, 0.717) is 23.0 Å². The Morgan fingerprint density at radius 3 is 2.57 bits per heavy atom. The van der Waals surface area contributed by atoms with Gasteiger partial charge in [-0.15, -0.1) is 0 Å². The van der Waals surface area contributed by atoms with Crippen molar-refractivity contribution in [2.75, 3.05) is 19.9 Å². The molecule has 0 atom stereocenters. The number of carbonyl (C=O) groups is 1. The van der Waals surface area contributed by atoms with Crippen molar-refractivity contribution in [1.29, 1.82) is 0 Å². The zero-order valence-corrected chi connectivity index (χ0v) is 13.3. The summed E-state index contributed by atoms with van der Waals surface area (Å²) < 4.78 is 5.29. The van der Waals surface area contributed by atoms with E-state index in [0.717, 1.165) is 18.8 Å². The lowest BCUT2D eigenvalue weighted by Gasteiger charge is -2.34. The van der Waals surface area contributed by atoms with Gasteiger partial charge in [0.1, 0.15) is 5.75 Å². The minimum Gasteiger partial charge on any atom is -0.496 e. The van der Waals surface area contributed by atoms with E-state index >= 15 is 0 Å². The van der Waals surface area contributed by atoms with Crippen molar-refractivity contribution >= 4 is 11.6 Å². The molecule has 0 aliphatic heterocycles. The molecule has 2 N–H and O–H groups in total. The average Bonchev–Trinajstić information content (AvgIpc) is 2.53. The molecule has 0 bridgehead atoms. The van der Waals surface area contributed by atoms with E-state index in [1.807, 2.05) is 11.9 Å². The standard InChI is InChI=1S/C17H26N2O2/c1-4-12-5-8-14(9-6-12)19(2)17(20)15-10-7-13(18)11-16(15)21-3/h7,10-12,14H,4-6,8-9,18H2,1-3H3. The molecule has 4 nitrogen and oxygen atoms in total. The number of hydrogen-bond donors (Lipinski definition) is 1. The second kappa shape index (κ2) is 6.83. The van der Waals surface area contributed by atoms with E-state index in [4.69, 9.17) is 10.5 Å². The fourth-order valence-corrected chi connectivity index (χ4v) is 3.18. The van der Waals surface area contributed by atoms with Gasteiger partial charge in [-0.3, -0.25) is 4.79 Å². The van der Waals surface area contributed by atoms with Crippen molar-refractivity contribution in [2.24, 2.45) is 5.92 Å². The summed E-state index contributed by atoms with van der Waals surface area (Å²) in [5.74, 6) is 1.40. The molecule has 1 fully saturated rings. The van der Waals surface area contributed by atoms with Gasteiger partial charge < -0.3 is 15.4 Å². The summed E-state index contributed by atoms with van der Waals surface area (Å²) in [5, 5.41) is 0. The number of methoxy groups -OCH3 is 1. The Morgan fingerprint density at radius 2 is 2.00 bits per heavy atom. The van der Waals surface area contributed by atoms with Crippen LogP contribution >= 0.6 is 0 Å². The molecule has 0 radical (unpaired) electrons. The number of rotatable bonds is 4. The van der Waals surface area contributed by atoms with E-state index in [1.165, 1.54) is 19.3 Å². The number of amides is 1. The number of nitrogens with zero attached hydrogens (tertiary/aromatic N) is 1. The number of benzene rings is 1. The van der Waals surface area contributed by atoms with Gasteiger partial charge in [-0.05, 0) is 43.7 Å². The van der Waals surface area contributed by atoms with Gasteiger partial charge in [-0.1, -0.05) is 13.3 Å². The van der Waals surface area contributed by atoms with E-state index < -0.39 is 0 Å². The topological polar surface area (TPSA) is 55.6 Å². The van der Waals surface area contributed by atoms with Crippen LogP contribution in [0.3, 0.4) is 0 Å². The molecular formula is C17H26N2O2. The Bertz CT molecular complexity index is 494. The highest BCUT2D eigenvalue weighted by Gasteiger charge is 2.27. The number of nitrogens with two attached hydrogens (primary N) is 1. The number of carbonyl (C=O) groups excluding carboxylic acids is 1.